The minimum Gasteiger partial charge on any atom is -0.497 e. The number of pyridine rings is 1. The van der Waals surface area contributed by atoms with Crippen LogP contribution in [-0.4, -0.2) is 20.5 Å². The molecular weight excluding hydrogens is 298 g/mol. The Morgan fingerprint density at radius 2 is 1.68 bits per heavy atom. The third-order valence-corrected chi connectivity index (χ3v) is 5.20. The van der Waals surface area contributed by atoms with Gasteiger partial charge in [0.05, 0.1) is 17.5 Å². The van der Waals surface area contributed by atoms with Crippen LogP contribution in [0.3, 0.4) is 0 Å². The molecule has 5 heteroatoms. The molecule has 3 rings (SSSR count). The summed E-state index contributed by atoms with van der Waals surface area (Å²) in [5, 5.41) is 1.02. The van der Waals surface area contributed by atoms with Gasteiger partial charge in [-0.2, -0.15) is 0 Å². The monoisotopic (exact) mass is 313 g/mol. The van der Waals surface area contributed by atoms with E-state index >= 15 is 0 Å². The van der Waals surface area contributed by atoms with Crippen molar-refractivity contribution in [2.45, 2.75) is 16.8 Å². The van der Waals surface area contributed by atoms with Crippen molar-refractivity contribution in [1.82, 2.24) is 4.98 Å². The Kier molecular flexibility index (Phi) is 3.58. The molecular formula is C17H15NO3S. The molecule has 2 aromatic carbocycles. The van der Waals surface area contributed by atoms with Gasteiger partial charge in [0.15, 0.2) is 5.03 Å². The summed E-state index contributed by atoms with van der Waals surface area (Å²) in [5.74, 6) is 0.613. The number of hydrogen-bond acceptors (Lipinski definition) is 4. The number of aryl methyl sites for hydroxylation is 1. The molecule has 0 aliphatic carbocycles. The normalized spacial score (nSPS) is 11.5. The van der Waals surface area contributed by atoms with E-state index in [1.165, 1.54) is 19.2 Å². The summed E-state index contributed by atoms with van der Waals surface area (Å²) in [6.07, 6.45) is 0. The van der Waals surface area contributed by atoms with Crippen LogP contribution in [0.15, 0.2) is 64.5 Å². The van der Waals surface area contributed by atoms with E-state index in [9.17, 15) is 8.42 Å². The van der Waals surface area contributed by atoms with Gasteiger partial charge in [0, 0.05) is 5.39 Å². The zero-order valence-corrected chi connectivity index (χ0v) is 13.1. The van der Waals surface area contributed by atoms with E-state index in [1.54, 1.807) is 18.2 Å². The summed E-state index contributed by atoms with van der Waals surface area (Å²) >= 11 is 0. The molecule has 0 radical (unpaired) electrons. The van der Waals surface area contributed by atoms with Gasteiger partial charge in [-0.1, -0.05) is 18.2 Å². The molecule has 22 heavy (non-hydrogen) atoms. The number of methoxy groups -OCH3 is 1. The molecule has 112 valence electrons. The topological polar surface area (TPSA) is 56.3 Å². The molecule has 1 heterocycles. The van der Waals surface area contributed by atoms with Crippen LogP contribution in [0.25, 0.3) is 10.9 Å². The number of hydrogen-bond donors (Lipinski definition) is 0. The highest BCUT2D eigenvalue weighted by Gasteiger charge is 2.20. The molecule has 0 aliphatic heterocycles. The van der Waals surface area contributed by atoms with Crippen molar-refractivity contribution in [1.29, 1.82) is 0 Å². The number of nitrogens with zero attached hydrogens (tertiary/aromatic N) is 1. The fourth-order valence-corrected chi connectivity index (χ4v) is 3.62. The van der Waals surface area contributed by atoms with Crippen molar-refractivity contribution in [2.75, 3.05) is 7.11 Å². The number of para-hydroxylation sites is 1. The van der Waals surface area contributed by atoms with Crippen molar-refractivity contribution in [3.8, 4) is 5.75 Å². The predicted molar refractivity (Wildman–Crippen MR) is 84.9 cm³/mol. The quantitative estimate of drug-likeness (QED) is 0.744. The minimum atomic E-state index is -3.64. The Labute approximate surface area is 129 Å². The van der Waals surface area contributed by atoms with Crippen LogP contribution in [0.1, 0.15) is 5.56 Å². The predicted octanol–water partition coefficient (Wildman–Crippen LogP) is 3.38. The molecule has 3 aromatic rings. The standard InChI is InChI=1S/C17H15NO3S/c1-12-11-17(18-16-6-4-3-5-15(12)16)22(19,20)14-9-7-13(21-2)8-10-14/h3-11H,1-2H3. The minimum absolute atomic E-state index is 0.0638. The van der Waals surface area contributed by atoms with Gasteiger partial charge in [-0.15, -0.1) is 0 Å². The van der Waals surface area contributed by atoms with Gasteiger partial charge >= 0.3 is 0 Å². The zero-order chi connectivity index (χ0) is 15.7. The van der Waals surface area contributed by atoms with Crippen molar-refractivity contribution >= 4 is 20.7 Å². The van der Waals surface area contributed by atoms with E-state index in [4.69, 9.17) is 4.74 Å². The molecule has 4 nitrogen and oxygen atoms in total. The number of benzene rings is 2. The molecule has 0 N–H and O–H groups in total. The SMILES string of the molecule is COc1ccc(S(=O)(=O)c2cc(C)c3ccccc3n2)cc1. The van der Waals surface area contributed by atoms with Gasteiger partial charge < -0.3 is 4.74 Å². The summed E-state index contributed by atoms with van der Waals surface area (Å²) in [4.78, 5) is 4.51. The average Bonchev–Trinajstić information content (AvgIpc) is 2.55. The molecule has 0 aliphatic rings. The second-order valence-corrected chi connectivity index (χ2v) is 6.87. The summed E-state index contributed by atoms with van der Waals surface area (Å²) in [6, 6.07) is 15.4. The maximum Gasteiger partial charge on any atom is 0.223 e. The zero-order valence-electron chi connectivity index (χ0n) is 12.3. The smallest absolute Gasteiger partial charge is 0.223 e. The van der Waals surface area contributed by atoms with Crippen LogP contribution in [-0.2, 0) is 9.84 Å². The number of aromatic nitrogens is 1. The molecule has 0 saturated heterocycles. The van der Waals surface area contributed by atoms with Crippen molar-refractivity contribution < 1.29 is 13.2 Å². The summed E-state index contributed by atoms with van der Waals surface area (Å²) in [5.41, 5.74) is 1.56. The molecule has 0 saturated carbocycles. The lowest BCUT2D eigenvalue weighted by molar-refractivity contribution is 0.414. The Morgan fingerprint density at radius 1 is 1.00 bits per heavy atom. The Bertz CT molecular complexity index is 932. The van der Waals surface area contributed by atoms with Gasteiger partial charge in [-0.25, -0.2) is 13.4 Å². The van der Waals surface area contributed by atoms with Crippen LogP contribution in [0.2, 0.25) is 0 Å². The van der Waals surface area contributed by atoms with Gasteiger partial charge in [-0.3, -0.25) is 0 Å². The maximum atomic E-state index is 12.7. The van der Waals surface area contributed by atoms with E-state index in [2.05, 4.69) is 4.98 Å². The fourth-order valence-electron chi connectivity index (χ4n) is 2.33. The van der Waals surface area contributed by atoms with Crippen LogP contribution in [0.5, 0.6) is 5.75 Å². The highest BCUT2D eigenvalue weighted by Crippen LogP contribution is 2.25. The van der Waals surface area contributed by atoms with Crippen molar-refractivity contribution in [3.63, 3.8) is 0 Å². The van der Waals surface area contributed by atoms with E-state index in [0.717, 1.165) is 10.9 Å². The first-order valence-electron chi connectivity index (χ1n) is 6.78. The summed E-state index contributed by atoms with van der Waals surface area (Å²) in [7, 11) is -2.11. The largest absolute Gasteiger partial charge is 0.497 e. The Morgan fingerprint density at radius 3 is 2.36 bits per heavy atom. The lowest BCUT2D eigenvalue weighted by Crippen LogP contribution is -2.05. The molecule has 0 unspecified atom stereocenters. The highest BCUT2D eigenvalue weighted by molar-refractivity contribution is 7.91. The van der Waals surface area contributed by atoms with Crippen LogP contribution in [0.4, 0.5) is 0 Å². The number of fused-ring (bicyclic) bond motifs is 1. The van der Waals surface area contributed by atoms with Gasteiger partial charge in [-0.05, 0) is 48.9 Å². The lowest BCUT2D eigenvalue weighted by Gasteiger charge is -2.08. The van der Waals surface area contributed by atoms with Crippen molar-refractivity contribution in [2.24, 2.45) is 0 Å². The number of rotatable bonds is 3. The molecule has 0 atom stereocenters. The first kappa shape index (κ1) is 14.5. The fraction of sp³-hybridized carbons (Fsp3) is 0.118. The maximum absolute atomic E-state index is 12.7. The van der Waals surface area contributed by atoms with Crippen LogP contribution >= 0.6 is 0 Å². The second kappa shape index (κ2) is 5.42. The number of ether oxygens (including phenoxy) is 1. The molecule has 1 aromatic heterocycles. The molecule has 0 spiro atoms. The first-order chi connectivity index (χ1) is 10.5. The molecule has 0 amide bonds. The van der Waals surface area contributed by atoms with Gasteiger partial charge in [0.25, 0.3) is 0 Å². The van der Waals surface area contributed by atoms with Gasteiger partial charge in [0.2, 0.25) is 9.84 Å². The third-order valence-electron chi connectivity index (χ3n) is 3.54. The summed E-state index contributed by atoms with van der Waals surface area (Å²) in [6.45, 7) is 1.89. The Balaban J connectivity index is 2.16. The van der Waals surface area contributed by atoms with E-state index in [1.807, 2.05) is 31.2 Å². The number of sulfone groups is 1. The van der Waals surface area contributed by atoms with E-state index < -0.39 is 9.84 Å². The van der Waals surface area contributed by atoms with Crippen molar-refractivity contribution in [3.05, 3.63) is 60.2 Å². The van der Waals surface area contributed by atoms with E-state index in [-0.39, 0.29) is 9.92 Å². The van der Waals surface area contributed by atoms with E-state index in [0.29, 0.717) is 11.3 Å². The Hall–Kier alpha value is -2.40. The van der Waals surface area contributed by atoms with Crippen LogP contribution < -0.4 is 4.74 Å². The molecule has 0 fully saturated rings. The summed E-state index contributed by atoms with van der Waals surface area (Å²) < 4.78 is 30.5. The molecule has 0 bridgehead atoms. The second-order valence-electron chi connectivity index (χ2n) is 4.97. The van der Waals surface area contributed by atoms with Crippen LogP contribution in [0, 0.1) is 6.92 Å². The van der Waals surface area contributed by atoms with Gasteiger partial charge in [0.1, 0.15) is 5.75 Å². The third kappa shape index (κ3) is 2.44. The lowest BCUT2D eigenvalue weighted by atomic mass is 10.1. The average molecular weight is 313 g/mol. The first-order valence-corrected chi connectivity index (χ1v) is 8.26. The highest BCUT2D eigenvalue weighted by atomic mass is 32.2.